The molecule has 1 rings (SSSR count). The molecule has 0 spiro atoms. The Kier molecular flexibility index (Phi) is 3.69. The summed E-state index contributed by atoms with van der Waals surface area (Å²) in [4.78, 5) is 11.7. The van der Waals surface area contributed by atoms with Gasteiger partial charge in [0.1, 0.15) is 5.75 Å². The van der Waals surface area contributed by atoms with Crippen LogP contribution in [0.3, 0.4) is 0 Å². The van der Waals surface area contributed by atoms with Gasteiger partial charge in [-0.1, -0.05) is 29.8 Å². The number of hydrogen-bond acceptors (Lipinski definition) is 2. The van der Waals surface area contributed by atoms with Crippen LogP contribution in [0.25, 0.3) is 0 Å². The molecule has 0 N–H and O–H groups in total. The molecule has 76 valence electrons. The van der Waals surface area contributed by atoms with Crippen LogP contribution in [0, 0.1) is 5.92 Å². The minimum Gasteiger partial charge on any atom is -0.496 e. The number of carbonyl (C=O) groups excluding carboxylic acids is 1. The Hall–Kier alpha value is -0.830. The smallest absolute Gasteiger partial charge is 0.169 e. The van der Waals surface area contributed by atoms with E-state index in [1.165, 1.54) is 0 Å². The largest absolute Gasteiger partial charge is 0.496 e. The number of ether oxygens (including phenoxy) is 1. The van der Waals surface area contributed by atoms with E-state index in [0.29, 0.717) is 11.3 Å². The lowest BCUT2D eigenvalue weighted by Crippen LogP contribution is -2.08. The van der Waals surface area contributed by atoms with Gasteiger partial charge in [-0.3, -0.25) is 4.79 Å². The monoisotopic (exact) mass is 256 g/mol. The topological polar surface area (TPSA) is 26.3 Å². The first-order valence-electron chi connectivity index (χ1n) is 4.44. The van der Waals surface area contributed by atoms with E-state index in [4.69, 9.17) is 4.74 Å². The molecule has 1 aromatic carbocycles. The standard InChI is InChI=1S/C11H13BrO2/c1-7(2)11(13)9-5-4-8(12)6-10(9)14-3/h4-7H,1-3H3. The lowest BCUT2D eigenvalue weighted by atomic mass is 10.0. The van der Waals surface area contributed by atoms with Gasteiger partial charge in [0.25, 0.3) is 0 Å². The van der Waals surface area contributed by atoms with Crippen LogP contribution in [0.4, 0.5) is 0 Å². The van der Waals surface area contributed by atoms with Crippen molar-refractivity contribution in [3.8, 4) is 5.75 Å². The third kappa shape index (κ3) is 2.35. The summed E-state index contributed by atoms with van der Waals surface area (Å²) in [5.74, 6) is 0.720. The van der Waals surface area contributed by atoms with Gasteiger partial charge in [-0.25, -0.2) is 0 Å². The van der Waals surface area contributed by atoms with Crippen molar-refractivity contribution < 1.29 is 9.53 Å². The molecular formula is C11H13BrO2. The number of carbonyl (C=O) groups is 1. The lowest BCUT2D eigenvalue weighted by Gasteiger charge is -2.09. The Labute approximate surface area is 92.4 Å². The molecule has 0 heterocycles. The van der Waals surface area contributed by atoms with Gasteiger partial charge in [-0.15, -0.1) is 0 Å². The number of halogens is 1. The van der Waals surface area contributed by atoms with E-state index in [1.807, 2.05) is 19.9 Å². The van der Waals surface area contributed by atoms with E-state index in [0.717, 1.165) is 4.47 Å². The summed E-state index contributed by atoms with van der Waals surface area (Å²) in [6.45, 7) is 3.76. The highest BCUT2D eigenvalue weighted by atomic mass is 79.9. The molecule has 0 saturated heterocycles. The Bertz CT molecular complexity index is 345. The minimum absolute atomic E-state index is 0.00919. The molecule has 0 unspecified atom stereocenters. The van der Waals surface area contributed by atoms with Crippen molar-refractivity contribution in [3.63, 3.8) is 0 Å². The van der Waals surface area contributed by atoms with Crippen molar-refractivity contribution in [2.75, 3.05) is 7.11 Å². The van der Waals surface area contributed by atoms with Crippen molar-refractivity contribution in [2.24, 2.45) is 5.92 Å². The third-order valence-electron chi connectivity index (χ3n) is 1.95. The molecule has 0 amide bonds. The minimum atomic E-state index is -0.00919. The fraction of sp³-hybridized carbons (Fsp3) is 0.364. The first kappa shape index (κ1) is 11.2. The maximum Gasteiger partial charge on any atom is 0.169 e. The van der Waals surface area contributed by atoms with Gasteiger partial charge in [-0.2, -0.15) is 0 Å². The highest BCUT2D eigenvalue weighted by Crippen LogP contribution is 2.25. The quantitative estimate of drug-likeness (QED) is 0.776. The van der Waals surface area contributed by atoms with Crippen LogP contribution in [0.15, 0.2) is 22.7 Å². The summed E-state index contributed by atoms with van der Waals surface area (Å²) in [5.41, 5.74) is 0.644. The molecular weight excluding hydrogens is 244 g/mol. The molecule has 0 aliphatic heterocycles. The Morgan fingerprint density at radius 2 is 2.07 bits per heavy atom. The van der Waals surface area contributed by atoms with Crippen LogP contribution in [0.2, 0.25) is 0 Å². The molecule has 14 heavy (non-hydrogen) atoms. The summed E-state index contributed by atoms with van der Waals surface area (Å²) in [7, 11) is 1.57. The van der Waals surface area contributed by atoms with Crippen LogP contribution in [0.5, 0.6) is 5.75 Å². The molecule has 0 aliphatic carbocycles. The Balaban J connectivity index is 3.14. The van der Waals surface area contributed by atoms with Gasteiger partial charge in [0, 0.05) is 10.4 Å². The molecule has 0 aliphatic rings. The first-order chi connectivity index (χ1) is 6.56. The zero-order valence-electron chi connectivity index (χ0n) is 8.50. The lowest BCUT2D eigenvalue weighted by molar-refractivity contribution is 0.0936. The van der Waals surface area contributed by atoms with Gasteiger partial charge >= 0.3 is 0 Å². The Morgan fingerprint density at radius 3 is 2.57 bits per heavy atom. The summed E-state index contributed by atoms with van der Waals surface area (Å²) in [5, 5.41) is 0. The predicted molar refractivity (Wildman–Crippen MR) is 59.9 cm³/mol. The third-order valence-corrected chi connectivity index (χ3v) is 2.45. The van der Waals surface area contributed by atoms with E-state index in [-0.39, 0.29) is 11.7 Å². The second kappa shape index (κ2) is 4.60. The number of hydrogen-bond donors (Lipinski definition) is 0. The van der Waals surface area contributed by atoms with E-state index < -0.39 is 0 Å². The molecule has 0 bridgehead atoms. The van der Waals surface area contributed by atoms with Crippen LogP contribution in [0.1, 0.15) is 24.2 Å². The maximum atomic E-state index is 11.7. The predicted octanol–water partition coefficient (Wildman–Crippen LogP) is 3.30. The molecule has 0 aromatic heterocycles. The summed E-state index contributed by atoms with van der Waals surface area (Å²) >= 11 is 3.33. The van der Waals surface area contributed by atoms with Crippen LogP contribution in [-0.2, 0) is 0 Å². The summed E-state index contributed by atoms with van der Waals surface area (Å²) < 4.78 is 6.06. The van der Waals surface area contributed by atoms with Crippen molar-refractivity contribution in [2.45, 2.75) is 13.8 Å². The van der Waals surface area contributed by atoms with E-state index in [1.54, 1.807) is 19.2 Å². The van der Waals surface area contributed by atoms with Gasteiger partial charge in [0.05, 0.1) is 12.7 Å². The first-order valence-corrected chi connectivity index (χ1v) is 5.23. The number of ketones is 1. The summed E-state index contributed by atoms with van der Waals surface area (Å²) in [6, 6.07) is 5.43. The molecule has 0 fully saturated rings. The van der Waals surface area contributed by atoms with E-state index in [2.05, 4.69) is 15.9 Å². The van der Waals surface area contributed by atoms with Gasteiger partial charge in [0.2, 0.25) is 0 Å². The average molecular weight is 257 g/mol. The van der Waals surface area contributed by atoms with Crippen LogP contribution < -0.4 is 4.74 Å². The average Bonchev–Trinajstić information content (AvgIpc) is 2.16. The molecule has 0 saturated carbocycles. The highest BCUT2D eigenvalue weighted by Gasteiger charge is 2.15. The van der Waals surface area contributed by atoms with Crippen molar-refractivity contribution in [1.82, 2.24) is 0 Å². The normalized spacial score (nSPS) is 10.4. The van der Waals surface area contributed by atoms with E-state index >= 15 is 0 Å². The van der Waals surface area contributed by atoms with Crippen molar-refractivity contribution in [3.05, 3.63) is 28.2 Å². The zero-order chi connectivity index (χ0) is 10.7. The summed E-state index contributed by atoms with van der Waals surface area (Å²) in [6.07, 6.45) is 0. The molecule has 3 heteroatoms. The van der Waals surface area contributed by atoms with Crippen molar-refractivity contribution >= 4 is 21.7 Å². The van der Waals surface area contributed by atoms with Crippen LogP contribution in [-0.4, -0.2) is 12.9 Å². The van der Waals surface area contributed by atoms with Gasteiger partial charge in [-0.05, 0) is 18.2 Å². The molecule has 2 nitrogen and oxygen atoms in total. The van der Waals surface area contributed by atoms with Crippen LogP contribution >= 0.6 is 15.9 Å². The molecule has 0 atom stereocenters. The fourth-order valence-electron chi connectivity index (χ4n) is 1.18. The maximum absolute atomic E-state index is 11.7. The zero-order valence-corrected chi connectivity index (χ0v) is 10.1. The van der Waals surface area contributed by atoms with E-state index in [9.17, 15) is 4.79 Å². The second-order valence-electron chi connectivity index (χ2n) is 3.36. The number of methoxy groups -OCH3 is 1. The molecule has 1 aromatic rings. The number of benzene rings is 1. The number of rotatable bonds is 3. The number of Topliss-reactive ketones (excluding diaryl/α,β-unsaturated/α-hetero) is 1. The highest BCUT2D eigenvalue weighted by molar-refractivity contribution is 9.10. The van der Waals surface area contributed by atoms with Gasteiger partial charge < -0.3 is 4.74 Å². The molecule has 0 radical (unpaired) electrons. The van der Waals surface area contributed by atoms with Gasteiger partial charge in [0.15, 0.2) is 5.78 Å². The second-order valence-corrected chi connectivity index (χ2v) is 4.28. The van der Waals surface area contributed by atoms with Crippen molar-refractivity contribution in [1.29, 1.82) is 0 Å². The SMILES string of the molecule is COc1cc(Br)ccc1C(=O)C(C)C. The Morgan fingerprint density at radius 1 is 1.43 bits per heavy atom. The fourth-order valence-corrected chi connectivity index (χ4v) is 1.52.